The van der Waals surface area contributed by atoms with Crippen molar-refractivity contribution < 1.29 is 14.6 Å². The summed E-state index contributed by atoms with van der Waals surface area (Å²) in [6.07, 6.45) is 1.94. The Morgan fingerprint density at radius 3 is 2.59 bits per heavy atom. The Morgan fingerprint density at radius 2 is 1.85 bits per heavy atom. The number of hydrogen-bond acceptors (Lipinski definition) is 7. The van der Waals surface area contributed by atoms with Gasteiger partial charge in [0.05, 0.1) is 30.0 Å². The average molecular weight is 460 g/mol. The molecule has 10 heteroatoms. The SMILES string of the molecule is Cc1n[nH]c2cc(O)c(-c3nnc(C(=O)NC4CC4)n3-c3ccc(N4CCOCC4)cc3)cc12. The molecule has 2 aliphatic rings. The van der Waals surface area contributed by atoms with Gasteiger partial charge in [-0.1, -0.05) is 0 Å². The molecule has 2 aromatic heterocycles. The van der Waals surface area contributed by atoms with Crippen LogP contribution < -0.4 is 10.2 Å². The Balaban J connectivity index is 1.46. The molecule has 1 aliphatic heterocycles. The molecule has 6 rings (SSSR count). The predicted octanol–water partition coefficient (Wildman–Crippen LogP) is 2.55. The van der Waals surface area contributed by atoms with Gasteiger partial charge in [0.1, 0.15) is 5.75 Å². The number of amides is 1. The summed E-state index contributed by atoms with van der Waals surface area (Å²) in [5.41, 5.74) is 3.84. The molecule has 0 atom stereocenters. The molecule has 0 radical (unpaired) electrons. The zero-order valence-electron chi connectivity index (χ0n) is 18.8. The number of aromatic amines is 1. The van der Waals surface area contributed by atoms with E-state index >= 15 is 0 Å². The normalized spacial score (nSPS) is 16.2. The molecule has 0 spiro atoms. The van der Waals surface area contributed by atoms with Crippen LogP contribution in [0, 0.1) is 6.92 Å². The van der Waals surface area contributed by atoms with Gasteiger partial charge >= 0.3 is 0 Å². The number of phenolic OH excluding ortho intramolecular Hbond substituents is 1. The van der Waals surface area contributed by atoms with E-state index in [4.69, 9.17) is 4.74 Å². The summed E-state index contributed by atoms with van der Waals surface area (Å²) in [6.45, 7) is 4.98. The fourth-order valence-electron chi connectivity index (χ4n) is 4.33. The third-order valence-electron chi connectivity index (χ3n) is 6.37. The fraction of sp³-hybridized carbons (Fsp3) is 0.333. The Bertz CT molecular complexity index is 1370. The van der Waals surface area contributed by atoms with Crippen molar-refractivity contribution in [2.24, 2.45) is 0 Å². The minimum absolute atomic E-state index is 0.0314. The Kier molecular flexibility index (Phi) is 4.95. The monoisotopic (exact) mass is 459 g/mol. The molecule has 1 amide bonds. The van der Waals surface area contributed by atoms with Crippen molar-refractivity contribution >= 4 is 22.5 Å². The Morgan fingerprint density at radius 1 is 1.12 bits per heavy atom. The van der Waals surface area contributed by atoms with E-state index in [2.05, 4.69) is 30.6 Å². The summed E-state index contributed by atoms with van der Waals surface area (Å²) in [5, 5.41) is 30.4. The maximum Gasteiger partial charge on any atom is 0.289 e. The standard InChI is InChI=1S/C24H25N7O3/c1-14-18-12-19(21(32)13-20(18)27-26-14)22-28-29-23(24(33)25-15-2-3-15)31(22)17-6-4-16(5-7-17)30-8-10-34-11-9-30/h4-7,12-13,15,32H,2-3,8-11H2,1H3,(H,25,33)(H,26,27). The van der Waals surface area contributed by atoms with Gasteiger partial charge in [0.15, 0.2) is 5.82 Å². The van der Waals surface area contributed by atoms with Crippen molar-refractivity contribution in [2.45, 2.75) is 25.8 Å². The lowest BCUT2D eigenvalue weighted by molar-refractivity contribution is 0.0938. The van der Waals surface area contributed by atoms with Gasteiger partial charge in [-0.05, 0) is 50.1 Å². The molecule has 0 bridgehead atoms. The fourth-order valence-corrected chi connectivity index (χ4v) is 4.33. The van der Waals surface area contributed by atoms with Crippen LogP contribution in [-0.2, 0) is 4.74 Å². The highest BCUT2D eigenvalue weighted by atomic mass is 16.5. The second-order valence-electron chi connectivity index (χ2n) is 8.77. The van der Waals surface area contributed by atoms with Gasteiger partial charge in [0, 0.05) is 42.0 Å². The van der Waals surface area contributed by atoms with Crippen LogP contribution in [0.1, 0.15) is 29.2 Å². The largest absolute Gasteiger partial charge is 0.507 e. The maximum absolute atomic E-state index is 13.0. The number of ether oxygens (including phenoxy) is 1. The van der Waals surface area contributed by atoms with Crippen LogP contribution in [0.15, 0.2) is 36.4 Å². The van der Waals surface area contributed by atoms with E-state index in [0.29, 0.717) is 24.6 Å². The minimum Gasteiger partial charge on any atom is -0.507 e. The van der Waals surface area contributed by atoms with Gasteiger partial charge in [-0.15, -0.1) is 10.2 Å². The number of morpholine rings is 1. The van der Waals surface area contributed by atoms with Crippen molar-refractivity contribution in [3.8, 4) is 22.8 Å². The lowest BCUT2D eigenvalue weighted by Gasteiger charge is -2.29. The molecule has 3 N–H and O–H groups in total. The second kappa shape index (κ2) is 8.14. The number of H-pyrrole nitrogens is 1. The molecule has 3 heterocycles. The van der Waals surface area contributed by atoms with E-state index in [9.17, 15) is 9.90 Å². The number of rotatable bonds is 5. The smallest absolute Gasteiger partial charge is 0.289 e. The number of carbonyl (C=O) groups is 1. The first kappa shape index (κ1) is 20.7. The number of fused-ring (bicyclic) bond motifs is 1. The number of aromatic nitrogens is 5. The number of phenols is 1. The number of anilines is 1. The summed E-state index contributed by atoms with van der Waals surface area (Å²) >= 11 is 0. The number of hydrogen-bond donors (Lipinski definition) is 3. The molecular weight excluding hydrogens is 434 g/mol. The highest BCUT2D eigenvalue weighted by Crippen LogP contribution is 2.35. The molecule has 174 valence electrons. The molecule has 0 unspecified atom stereocenters. The molecule has 2 aromatic carbocycles. The Labute approximate surface area is 195 Å². The summed E-state index contributed by atoms with van der Waals surface area (Å²) in [7, 11) is 0. The predicted molar refractivity (Wildman–Crippen MR) is 126 cm³/mol. The number of nitrogens with zero attached hydrogens (tertiary/aromatic N) is 5. The maximum atomic E-state index is 13.0. The van der Waals surface area contributed by atoms with Crippen LogP contribution >= 0.6 is 0 Å². The van der Waals surface area contributed by atoms with Crippen molar-refractivity contribution in [3.63, 3.8) is 0 Å². The van der Waals surface area contributed by atoms with Gasteiger partial charge in [0.2, 0.25) is 5.82 Å². The van der Waals surface area contributed by atoms with Crippen LogP contribution in [0.2, 0.25) is 0 Å². The zero-order chi connectivity index (χ0) is 23.2. The third-order valence-corrected chi connectivity index (χ3v) is 6.37. The van der Waals surface area contributed by atoms with E-state index in [1.807, 2.05) is 37.3 Å². The van der Waals surface area contributed by atoms with Crippen molar-refractivity contribution in [3.05, 3.63) is 47.9 Å². The molecule has 1 saturated carbocycles. The van der Waals surface area contributed by atoms with Crippen LogP contribution in [-0.4, -0.2) is 68.3 Å². The van der Waals surface area contributed by atoms with E-state index in [1.54, 1.807) is 10.6 Å². The Hall–Kier alpha value is -3.92. The van der Waals surface area contributed by atoms with Gasteiger partial charge < -0.3 is 20.1 Å². The highest BCUT2D eigenvalue weighted by Gasteiger charge is 2.29. The minimum atomic E-state index is -0.279. The summed E-state index contributed by atoms with van der Waals surface area (Å²) in [6, 6.07) is 11.6. The molecule has 2 fully saturated rings. The number of carbonyl (C=O) groups excluding carboxylic acids is 1. The first-order valence-electron chi connectivity index (χ1n) is 11.5. The summed E-state index contributed by atoms with van der Waals surface area (Å²) in [5.74, 6) is 0.326. The quantitative estimate of drug-likeness (QED) is 0.419. The van der Waals surface area contributed by atoms with Crippen LogP contribution in [0.5, 0.6) is 5.75 Å². The molecular formula is C24H25N7O3. The zero-order valence-corrected chi connectivity index (χ0v) is 18.8. The number of benzene rings is 2. The third kappa shape index (κ3) is 3.65. The van der Waals surface area contributed by atoms with Crippen LogP contribution in [0.25, 0.3) is 28.0 Å². The topological polar surface area (TPSA) is 121 Å². The van der Waals surface area contributed by atoms with Gasteiger partial charge in [0.25, 0.3) is 5.91 Å². The highest BCUT2D eigenvalue weighted by molar-refractivity contribution is 5.94. The van der Waals surface area contributed by atoms with Crippen molar-refractivity contribution in [1.29, 1.82) is 0 Å². The first-order chi connectivity index (χ1) is 16.6. The van der Waals surface area contributed by atoms with E-state index in [-0.39, 0.29) is 23.5 Å². The van der Waals surface area contributed by atoms with Gasteiger partial charge in [-0.2, -0.15) is 5.10 Å². The summed E-state index contributed by atoms with van der Waals surface area (Å²) < 4.78 is 7.16. The molecule has 1 aliphatic carbocycles. The number of nitrogens with one attached hydrogen (secondary N) is 2. The second-order valence-corrected chi connectivity index (χ2v) is 8.77. The molecule has 10 nitrogen and oxygen atoms in total. The molecule has 34 heavy (non-hydrogen) atoms. The van der Waals surface area contributed by atoms with Gasteiger partial charge in [-0.25, -0.2) is 0 Å². The summed E-state index contributed by atoms with van der Waals surface area (Å²) in [4.78, 5) is 15.3. The molecule has 4 aromatic rings. The van der Waals surface area contributed by atoms with Crippen LogP contribution in [0.3, 0.4) is 0 Å². The molecule has 1 saturated heterocycles. The van der Waals surface area contributed by atoms with E-state index in [0.717, 1.165) is 53.9 Å². The van der Waals surface area contributed by atoms with Crippen molar-refractivity contribution in [2.75, 3.05) is 31.2 Å². The lowest BCUT2D eigenvalue weighted by atomic mass is 10.1. The lowest BCUT2D eigenvalue weighted by Crippen LogP contribution is -2.36. The average Bonchev–Trinajstić information content (AvgIpc) is 3.45. The van der Waals surface area contributed by atoms with Crippen molar-refractivity contribution in [1.82, 2.24) is 30.3 Å². The van der Waals surface area contributed by atoms with E-state index in [1.165, 1.54) is 0 Å². The van der Waals surface area contributed by atoms with Gasteiger partial charge in [-0.3, -0.25) is 14.5 Å². The number of aryl methyl sites for hydroxylation is 1. The van der Waals surface area contributed by atoms with Crippen LogP contribution in [0.4, 0.5) is 5.69 Å². The van der Waals surface area contributed by atoms with E-state index < -0.39 is 0 Å². The number of aromatic hydroxyl groups is 1. The first-order valence-corrected chi connectivity index (χ1v) is 11.5.